The fourth-order valence-electron chi connectivity index (χ4n) is 2.01. The molecule has 0 saturated heterocycles. The molecule has 0 aliphatic rings. The van der Waals surface area contributed by atoms with E-state index in [2.05, 4.69) is 34.4 Å². The highest BCUT2D eigenvalue weighted by molar-refractivity contribution is 6.32. The Morgan fingerprint density at radius 1 is 1.29 bits per heavy atom. The van der Waals surface area contributed by atoms with Crippen LogP contribution in [-0.4, -0.2) is 29.5 Å². The number of nitrogens with one attached hydrogen (secondary N) is 2. The highest BCUT2D eigenvalue weighted by atomic mass is 35.5. The van der Waals surface area contributed by atoms with E-state index in [0.29, 0.717) is 28.2 Å². The Morgan fingerprint density at radius 3 is 2.75 bits per heavy atom. The topological polar surface area (TPSA) is 76.1 Å². The first-order valence-corrected chi connectivity index (χ1v) is 8.08. The Bertz CT molecular complexity index is 707. The number of methoxy groups -OCH3 is 1. The van der Waals surface area contributed by atoms with E-state index in [9.17, 15) is 4.79 Å². The number of nitrogens with zero attached hydrogens (tertiary/aromatic N) is 2. The van der Waals surface area contributed by atoms with E-state index in [1.54, 1.807) is 24.3 Å². The normalized spacial score (nSPS) is 10.5. The number of ether oxygens (including phenoxy) is 1. The molecule has 6 nitrogen and oxygen atoms in total. The van der Waals surface area contributed by atoms with Gasteiger partial charge in [0.1, 0.15) is 23.6 Å². The second kappa shape index (κ2) is 8.49. The van der Waals surface area contributed by atoms with Crippen LogP contribution in [0, 0.1) is 5.92 Å². The van der Waals surface area contributed by atoms with Crippen molar-refractivity contribution in [2.75, 3.05) is 24.3 Å². The summed E-state index contributed by atoms with van der Waals surface area (Å²) in [7, 11) is 1.54. The quantitative estimate of drug-likeness (QED) is 0.794. The van der Waals surface area contributed by atoms with E-state index in [4.69, 9.17) is 16.3 Å². The van der Waals surface area contributed by atoms with Crippen LogP contribution in [0.4, 0.5) is 11.5 Å². The van der Waals surface area contributed by atoms with Crippen molar-refractivity contribution in [1.29, 1.82) is 0 Å². The first kappa shape index (κ1) is 18.0. The molecular weight excluding hydrogens is 328 g/mol. The molecule has 0 unspecified atom stereocenters. The highest BCUT2D eigenvalue weighted by Gasteiger charge is 2.10. The van der Waals surface area contributed by atoms with Crippen molar-refractivity contribution in [2.24, 2.45) is 5.92 Å². The van der Waals surface area contributed by atoms with Crippen LogP contribution >= 0.6 is 11.6 Å². The van der Waals surface area contributed by atoms with Gasteiger partial charge in [0.2, 0.25) is 0 Å². The molecule has 0 aliphatic heterocycles. The van der Waals surface area contributed by atoms with Crippen molar-refractivity contribution in [3.8, 4) is 5.75 Å². The van der Waals surface area contributed by atoms with Gasteiger partial charge in [-0.15, -0.1) is 0 Å². The van der Waals surface area contributed by atoms with E-state index >= 15 is 0 Å². The second-order valence-electron chi connectivity index (χ2n) is 5.70. The number of hydrogen-bond acceptors (Lipinski definition) is 5. The number of anilines is 2. The van der Waals surface area contributed by atoms with E-state index < -0.39 is 0 Å². The number of halogens is 1. The minimum atomic E-state index is -0.328. The molecule has 128 valence electrons. The van der Waals surface area contributed by atoms with Crippen LogP contribution < -0.4 is 15.4 Å². The average Bonchev–Trinajstić information content (AvgIpc) is 2.55. The van der Waals surface area contributed by atoms with Gasteiger partial charge in [0.05, 0.1) is 12.1 Å². The fourth-order valence-corrected chi connectivity index (χ4v) is 2.26. The number of aromatic nitrogens is 2. The predicted molar refractivity (Wildman–Crippen MR) is 95.9 cm³/mol. The maximum absolute atomic E-state index is 12.3. The highest BCUT2D eigenvalue weighted by Crippen LogP contribution is 2.27. The van der Waals surface area contributed by atoms with Crippen molar-refractivity contribution < 1.29 is 9.53 Å². The third-order valence-electron chi connectivity index (χ3n) is 3.34. The number of benzene rings is 1. The molecule has 1 aromatic heterocycles. The van der Waals surface area contributed by atoms with Gasteiger partial charge >= 0.3 is 0 Å². The summed E-state index contributed by atoms with van der Waals surface area (Å²) in [6.45, 7) is 5.10. The first-order chi connectivity index (χ1) is 11.5. The summed E-state index contributed by atoms with van der Waals surface area (Å²) in [5.74, 6) is 1.45. The van der Waals surface area contributed by atoms with Gasteiger partial charge in [0, 0.05) is 18.3 Å². The Hall–Kier alpha value is -2.34. The van der Waals surface area contributed by atoms with Crippen LogP contribution in [0.2, 0.25) is 5.02 Å². The fraction of sp³-hybridized carbons (Fsp3) is 0.353. The molecular formula is C17H21ClN4O2. The van der Waals surface area contributed by atoms with Crippen LogP contribution in [0.3, 0.4) is 0 Å². The molecule has 2 aromatic rings. The average molecular weight is 349 g/mol. The number of carbonyl (C=O) groups excluding carboxylic acids is 1. The van der Waals surface area contributed by atoms with Crippen LogP contribution in [-0.2, 0) is 0 Å². The van der Waals surface area contributed by atoms with Crippen LogP contribution in [0.15, 0.2) is 30.6 Å². The molecule has 0 atom stereocenters. The van der Waals surface area contributed by atoms with Crippen molar-refractivity contribution in [1.82, 2.24) is 9.97 Å². The zero-order valence-electron chi connectivity index (χ0n) is 14.0. The molecule has 7 heteroatoms. The number of amides is 1. The van der Waals surface area contributed by atoms with Crippen LogP contribution in [0.25, 0.3) is 0 Å². The third-order valence-corrected chi connectivity index (χ3v) is 3.63. The van der Waals surface area contributed by atoms with Crippen molar-refractivity contribution >= 4 is 29.0 Å². The van der Waals surface area contributed by atoms with E-state index in [1.807, 2.05) is 0 Å². The zero-order chi connectivity index (χ0) is 17.5. The maximum Gasteiger partial charge on any atom is 0.274 e. The summed E-state index contributed by atoms with van der Waals surface area (Å²) in [5.41, 5.74) is 0.850. The number of hydrogen-bond donors (Lipinski definition) is 2. The summed E-state index contributed by atoms with van der Waals surface area (Å²) in [6.07, 6.45) is 2.39. The number of rotatable bonds is 7. The van der Waals surface area contributed by atoms with Crippen molar-refractivity contribution in [3.63, 3.8) is 0 Å². The van der Waals surface area contributed by atoms with Gasteiger partial charge in [-0.05, 0) is 30.5 Å². The molecule has 2 N–H and O–H groups in total. The van der Waals surface area contributed by atoms with Gasteiger partial charge in [0.15, 0.2) is 0 Å². The predicted octanol–water partition coefficient (Wildman–Crippen LogP) is 3.85. The molecule has 24 heavy (non-hydrogen) atoms. The molecule has 0 saturated carbocycles. The first-order valence-electron chi connectivity index (χ1n) is 7.70. The van der Waals surface area contributed by atoms with Crippen molar-refractivity contribution in [2.45, 2.75) is 20.3 Å². The number of carbonyl (C=O) groups is 1. The van der Waals surface area contributed by atoms with Gasteiger partial charge < -0.3 is 15.4 Å². The lowest BCUT2D eigenvalue weighted by atomic mass is 10.1. The molecule has 0 spiro atoms. The second-order valence-corrected chi connectivity index (χ2v) is 6.11. The minimum absolute atomic E-state index is 0.281. The largest absolute Gasteiger partial charge is 0.495 e. The van der Waals surface area contributed by atoms with Gasteiger partial charge in [0.25, 0.3) is 5.91 Å². The minimum Gasteiger partial charge on any atom is -0.495 e. The van der Waals surface area contributed by atoms with Crippen molar-refractivity contribution in [3.05, 3.63) is 41.3 Å². The van der Waals surface area contributed by atoms with Crippen LogP contribution in [0.1, 0.15) is 30.8 Å². The summed E-state index contributed by atoms with van der Waals surface area (Å²) in [4.78, 5) is 20.4. The molecule has 0 radical (unpaired) electrons. The summed E-state index contributed by atoms with van der Waals surface area (Å²) in [6, 6.07) is 6.66. The standard InChI is InChI=1S/C17H21ClN4O2/c1-11(2)6-7-19-16-9-14(20-10-21-16)17(23)22-12-4-5-15(24-3)13(18)8-12/h4-5,8-11H,6-7H2,1-3H3,(H,22,23)(H,19,20,21). The Kier molecular flexibility index (Phi) is 6.37. The van der Waals surface area contributed by atoms with E-state index in [0.717, 1.165) is 13.0 Å². The molecule has 1 aromatic carbocycles. The Labute approximate surface area is 146 Å². The maximum atomic E-state index is 12.3. The monoisotopic (exact) mass is 348 g/mol. The Morgan fingerprint density at radius 2 is 2.08 bits per heavy atom. The Balaban J connectivity index is 2.03. The summed E-state index contributed by atoms with van der Waals surface area (Å²) < 4.78 is 5.09. The molecule has 0 fully saturated rings. The molecule has 1 heterocycles. The van der Waals surface area contributed by atoms with Gasteiger partial charge in [-0.1, -0.05) is 25.4 Å². The smallest absolute Gasteiger partial charge is 0.274 e. The lowest BCUT2D eigenvalue weighted by molar-refractivity contribution is 0.102. The third kappa shape index (κ3) is 5.09. The SMILES string of the molecule is COc1ccc(NC(=O)c2cc(NCCC(C)C)ncn2)cc1Cl. The molecule has 2 rings (SSSR count). The lowest BCUT2D eigenvalue weighted by Gasteiger charge is -2.09. The van der Waals surface area contributed by atoms with Crippen LogP contribution in [0.5, 0.6) is 5.75 Å². The lowest BCUT2D eigenvalue weighted by Crippen LogP contribution is -2.15. The van der Waals surface area contributed by atoms with Gasteiger partial charge in [-0.2, -0.15) is 0 Å². The van der Waals surface area contributed by atoms with Gasteiger partial charge in [-0.25, -0.2) is 9.97 Å². The van der Waals surface area contributed by atoms with Gasteiger partial charge in [-0.3, -0.25) is 4.79 Å². The molecule has 0 bridgehead atoms. The van der Waals surface area contributed by atoms with E-state index in [-0.39, 0.29) is 11.6 Å². The summed E-state index contributed by atoms with van der Waals surface area (Å²) >= 11 is 6.05. The zero-order valence-corrected chi connectivity index (χ0v) is 14.7. The van der Waals surface area contributed by atoms with E-state index in [1.165, 1.54) is 13.4 Å². The molecule has 1 amide bonds. The molecule has 0 aliphatic carbocycles. The summed E-state index contributed by atoms with van der Waals surface area (Å²) in [5, 5.41) is 6.37.